The molecule has 0 bridgehead atoms. The van der Waals surface area contributed by atoms with Gasteiger partial charge in [0.15, 0.2) is 0 Å². The van der Waals surface area contributed by atoms with Crippen LogP contribution in [0.25, 0.3) is 0 Å². The molecule has 0 aliphatic rings. The summed E-state index contributed by atoms with van der Waals surface area (Å²) in [5.41, 5.74) is 1.84. The number of aromatic amines is 1. The van der Waals surface area contributed by atoms with Crippen molar-refractivity contribution >= 4 is 17.7 Å². The van der Waals surface area contributed by atoms with Crippen LogP contribution < -0.4 is 15.8 Å². The summed E-state index contributed by atoms with van der Waals surface area (Å²) in [6, 6.07) is 19.7. The number of nitrogens with one attached hydrogen (secondary N) is 2. The van der Waals surface area contributed by atoms with Gasteiger partial charge in [-0.15, -0.1) is 0 Å². The Balaban J connectivity index is 1.93. The molecular formula is C19H18N4O2. The first-order chi connectivity index (χ1) is 12.1. The lowest BCUT2D eigenvalue weighted by Gasteiger charge is -2.22. The first kappa shape index (κ1) is 16.4. The molecule has 2 amide bonds. The van der Waals surface area contributed by atoms with Crippen molar-refractivity contribution in [1.82, 2.24) is 9.97 Å². The van der Waals surface area contributed by atoms with Crippen molar-refractivity contribution in [1.29, 1.82) is 0 Å². The van der Waals surface area contributed by atoms with E-state index in [4.69, 9.17) is 0 Å². The molecule has 0 atom stereocenters. The number of H-pyrrole nitrogens is 1. The average molecular weight is 334 g/mol. The highest BCUT2D eigenvalue weighted by Gasteiger charge is 2.19. The summed E-state index contributed by atoms with van der Waals surface area (Å²) in [6.07, 6.45) is 0. The van der Waals surface area contributed by atoms with Crippen molar-refractivity contribution in [2.75, 3.05) is 10.2 Å². The zero-order chi connectivity index (χ0) is 17.6. The highest BCUT2D eigenvalue weighted by molar-refractivity contribution is 6.00. The summed E-state index contributed by atoms with van der Waals surface area (Å²) in [5.74, 6) is 0.210. The van der Waals surface area contributed by atoms with E-state index in [2.05, 4.69) is 15.3 Å². The molecule has 0 fully saturated rings. The standard InChI is InChI=1S/C19H18N4O2/c1-14-12-17(24)22-18(20-14)23(13-15-8-4-2-5-9-15)19(25)21-16-10-6-3-7-11-16/h2-12H,13H2,1H3,(H,21,25)(H,20,22,24). The molecule has 0 spiro atoms. The van der Waals surface area contributed by atoms with E-state index >= 15 is 0 Å². The molecule has 1 heterocycles. The van der Waals surface area contributed by atoms with Gasteiger partial charge in [-0.1, -0.05) is 48.5 Å². The number of aryl methyl sites for hydroxylation is 1. The summed E-state index contributed by atoms with van der Waals surface area (Å²) in [6.45, 7) is 2.00. The zero-order valence-corrected chi connectivity index (χ0v) is 13.8. The van der Waals surface area contributed by atoms with Crippen LogP contribution in [0.1, 0.15) is 11.3 Å². The minimum atomic E-state index is -0.371. The first-order valence-electron chi connectivity index (χ1n) is 7.87. The van der Waals surface area contributed by atoms with Crippen LogP contribution in [-0.4, -0.2) is 16.0 Å². The van der Waals surface area contributed by atoms with Gasteiger partial charge in [0.1, 0.15) is 0 Å². The number of carbonyl (C=O) groups is 1. The van der Waals surface area contributed by atoms with Crippen molar-refractivity contribution in [2.24, 2.45) is 0 Å². The predicted octanol–water partition coefficient (Wildman–Crippen LogP) is 3.32. The van der Waals surface area contributed by atoms with E-state index in [9.17, 15) is 9.59 Å². The Morgan fingerprint density at radius 1 is 1.08 bits per heavy atom. The Hall–Kier alpha value is -3.41. The maximum Gasteiger partial charge on any atom is 0.328 e. The molecule has 6 nitrogen and oxygen atoms in total. The molecule has 0 aliphatic carbocycles. The highest BCUT2D eigenvalue weighted by atomic mass is 16.2. The number of benzene rings is 2. The summed E-state index contributed by atoms with van der Waals surface area (Å²) < 4.78 is 0. The quantitative estimate of drug-likeness (QED) is 0.768. The van der Waals surface area contributed by atoms with E-state index in [0.29, 0.717) is 11.4 Å². The lowest BCUT2D eigenvalue weighted by molar-refractivity contribution is 0.256. The van der Waals surface area contributed by atoms with Crippen molar-refractivity contribution < 1.29 is 4.79 Å². The number of hydrogen-bond donors (Lipinski definition) is 2. The van der Waals surface area contributed by atoms with Gasteiger partial charge in [-0.25, -0.2) is 9.78 Å². The summed E-state index contributed by atoms with van der Waals surface area (Å²) >= 11 is 0. The second-order valence-corrected chi connectivity index (χ2v) is 5.58. The number of amides is 2. The number of hydrogen-bond acceptors (Lipinski definition) is 3. The molecule has 0 radical (unpaired) electrons. The number of rotatable bonds is 4. The Bertz CT molecular complexity index is 907. The molecule has 0 saturated heterocycles. The molecule has 0 saturated carbocycles. The molecule has 3 rings (SSSR count). The average Bonchev–Trinajstić information content (AvgIpc) is 2.60. The van der Waals surface area contributed by atoms with Crippen LogP contribution in [0.2, 0.25) is 0 Å². The van der Waals surface area contributed by atoms with Gasteiger partial charge in [0.05, 0.1) is 6.54 Å². The fraction of sp³-hybridized carbons (Fsp3) is 0.105. The second kappa shape index (κ2) is 7.44. The van der Waals surface area contributed by atoms with E-state index in [1.54, 1.807) is 19.1 Å². The second-order valence-electron chi connectivity index (χ2n) is 5.58. The van der Waals surface area contributed by atoms with Crippen LogP contribution in [0.4, 0.5) is 16.4 Å². The lowest BCUT2D eigenvalue weighted by atomic mass is 10.2. The van der Waals surface area contributed by atoms with Crippen LogP contribution in [0.3, 0.4) is 0 Å². The Kier molecular flexibility index (Phi) is 4.89. The third-order valence-corrected chi connectivity index (χ3v) is 3.57. The van der Waals surface area contributed by atoms with Gasteiger partial charge in [0.2, 0.25) is 5.95 Å². The van der Waals surface area contributed by atoms with E-state index < -0.39 is 0 Å². The van der Waals surface area contributed by atoms with Gasteiger partial charge >= 0.3 is 6.03 Å². The van der Waals surface area contributed by atoms with Gasteiger partial charge in [-0.05, 0) is 24.6 Å². The van der Waals surface area contributed by atoms with Gasteiger partial charge in [0, 0.05) is 17.4 Å². The molecule has 126 valence electrons. The molecular weight excluding hydrogens is 316 g/mol. The third-order valence-electron chi connectivity index (χ3n) is 3.57. The number of anilines is 2. The monoisotopic (exact) mass is 334 g/mol. The van der Waals surface area contributed by atoms with Crippen molar-refractivity contribution in [3.63, 3.8) is 0 Å². The van der Waals surface area contributed by atoms with Crippen molar-refractivity contribution in [2.45, 2.75) is 13.5 Å². The Labute approximate surface area is 145 Å². The largest absolute Gasteiger partial charge is 0.328 e. The lowest BCUT2D eigenvalue weighted by Crippen LogP contribution is -2.37. The predicted molar refractivity (Wildman–Crippen MR) is 97.7 cm³/mol. The molecule has 0 aliphatic heterocycles. The van der Waals surface area contributed by atoms with Gasteiger partial charge < -0.3 is 5.32 Å². The molecule has 3 aromatic rings. The van der Waals surface area contributed by atoms with Gasteiger partial charge in [0.25, 0.3) is 5.56 Å². The van der Waals surface area contributed by atoms with Crippen LogP contribution in [0.15, 0.2) is 71.5 Å². The van der Waals surface area contributed by atoms with Crippen molar-refractivity contribution in [3.8, 4) is 0 Å². The summed E-state index contributed by atoms with van der Waals surface area (Å²) in [4.78, 5) is 32.9. The minimum absolute atomic E-state index is 0.210. The van der Waals surface area contributed by atoms with E-state index in [-0.39, 0.29) is 24.1 Å². The van der Waals surface area contributed by atoms with E-state index in [1.165, 1.54) is 11.0 Å². The smallest absolute Gasteiger partial charge is 0.307 e. The SMILES string of the molecule is Cc1cc(=O)[nH]c(N(Cc2ccccc2)C(=O)Nc2ccccc2)n1. The number of nitrogens with zero attached hydrogens (tertiary/aromatic N) is 2. The number of urea groups is 1. The zero-order valence-electron chi connectivity index (χ0n) is 13.8. The van der Waals surface area contributed by atoms with Gasteiger partial charge in [-0.3, -0.25) is 14.7 Å². The van der Waals surface area contributed by atoms with Crippen LogP contribution >= 0.6 is 0 Å². The molecule has 25 heavy (non-hydrogen) atoms. The van der Waals surface area contributed by atoms with Crippen LogP contribution in [-0.2, 0) is 6.54 Å². The van der Waals surface area contributed by atoms with E-state index in [1.807, 2.05) is 48.5 Å². The molecule has 2 aromatic carbocycles. The Morgan fingerprint density at radius 3 is 2.36 bits per heavy atom. The fourth-order valence-electron chi connectivity index (χ4n) is 2.41. The minimum Gasteiger partial charge on any atom is -0.307 e. The number of aromatic nitrogens is 2. The summed E-state index contributed by atoms with van der Waals surface area (Å²) in [5, 5.41) is 2.82. The molecule has 6 heteroatoms. The molecule has 1 aromatic heterocycles. The van der Waals surface area contributed by atoms with Gasteiger partial charge in [-0.2, -0.15) is 0 Å². The normalized spacial score (nSPS) is 10.3. The Morgan fingerprint density at radius 2 is 1.72 bits per heavy atom. The third kappa shape index (κ3) is 4.32. The number of para-hydroxylation sites is 1. The highest BCUT2D eigenvalue weighted by Crippen LogP contribution is 2.14. The number of carbonyl (C=O) groups excluding carboxylic acids is 1. The maximum atomic E-state index is 12.8. The van der Waals surface area contributed by atoms with Crippen LogP contribution in [0.5, 0.6) is 0 Å². The fourth-order valence-corrected chi connectivity index (χ4v) is 2.41. The maximum absolute atomic E-state index is 12.8. The molecule has 0 unspecified atom stereocenters. The molecule has 2 N–H and O–H groups in total. The van der Waals surface area contributed by atoms with Crippen LogP contribution in [0, 0.1) is 6.92 Å². The summed E-state index contributed by atoms with van der Waals surface area (Å²) in [7, 11) is 0. The van der Waals surface area contributed by atoms with Crippen molar-refractivity contribution in [3.05, 3.63) is 88.3 Å². The first-order valence-corrected chi connectivity index (χ1v) is 7.87. The topological polar surface area (TPSA) is 78.1 Å². The van der Waals surface area contributed by atoms with E-state index in [0.717, 1.165) is 5.56 Å².